The van der Waals surface area contributed by atoms with Crippen LogP contribution in [0.4, 0.5) is 5.69 Å². The predicted octanol–water partition coefficient (Wildman–Crippen LogP) is 2.35. The molecule has 0 bridgehead atoms. The number of nitrogens with zero attached hydrogens (tertiary/aromatic N) is 3. The van der Waals surface area contributed by atoms with Gasteiger partial charge in [-0.1, -0.05) is 42.5 Å². The molecule has 1 atom stereocenters. The Balaban J connectivity index is 1.32. The third-order valence-corrected chi connectivity index (χ3v) is 5.82. The molecule has 2 fully saturated rings. The number of hydrogen-bond donors (Lipinski definition) is 1. The van der Waals surface area contributed by atoms with Crippen LogP contribution < -0.4 is 4.90 Å². The van der Waals surface area contributed by atoms with Gasteiger partial charge in [-0.3, -0.25) is 19.4 Å². The number of carbonyl (C=O) groups excluding carboxylic acids is 2. The summed E-state index contributed by atoms with van der Waals surface area (Å²) in [6.07, 6.45) is 4.42. The minimum atomic E-state index is -1.04. The van der Waals surface area contributed by atoms with Crippen molar-refractivity contribution in [3.05, 3.63) is 71.8 Å². The summed E-state index contributed by atoms with van der Waals surface area (Å²) in [7, 11) is 0. The van der Waals surface area contributed by atoms with Crippen molar-refractivity contribution in [2.24, 2.45) is 0 Å². The molecule has 31 heavy (non-hydrogen) atoms. The first-order chi connectivity index (χ1) is 15.0. The highest BCUT2D eigenvalue weighted by Crippen LogP contribution is 2.26. The van der Waals surface area contributed by atoms with Crippen molar-refractivity contribution in [2.45, 2.75) is 12.5 Å². The maximum absolute atomic E-state index is 13.0. The largest absolute Gasteiger partial charge is 0.478 e. The van der Waals surface area contributed by atoms with E-state index in [0.717, 1.165) is 32.7 Å². The van der Waals surface area contributed by atoms with Crippen LogP contribution in [0.5, 0.6) is 0 Å². The number of aromatic carboxylic acids is 1. The summed E-state index contributed by atoms with van der Waals surface area (Å²) in [5, 5.41) is 9.03. The van der Waals surface area contributed by atoms with E-state index in [1.54, 1.807) is 0 Å². The van der Waals surface area contributed by atoms with Gasteiger partial charge in [0.05, 0.1) is 23.7 Å². The topological polar surface area (TPSA) is 81.2 Å². The normalized spacial score (nSPS) is 20.6. The lowest BCUT2D eigenvalue weighted by Crippen LogP contribution is -2.52. The highest BCUT2D eigenvalue weighted by Gasteiger charge is 2.43. The van der Waals surface area contributed by atoms with Crippen molar-refractivity contribution in [1.29, 1.82) is 0 Å². The molecule has 0 spiro atoms. The van der Waals surface area contributed by atoms with Crippen molar-refractivity contribution in [2.75, 3.05) is 37.6 Å². The van der Waals surface area contributed by atoms with Crippen molar-refractivity contribution in [1.82, 2.24) is 9.80 Å². The molecule has 2 aliphatic heterocycles. The van der Waals surface area contributed by atoms with Gasteiger partial charge < -0.3 is 5.11 Å². The Hall–Kier alpha value is -3.29. The Morgan fingerprint density at radius 3 is 2.29 bits per heavy atom. The van der Waals surface area contributed by atoms with Crippen molar-refractivity contribution >= 4 is 29.5 Å². The fourth-order valence-electron chi connectivity index (χ4n) is 4.09. The Kier molecular flexibility index (Phi) is 6.25. The molecular weight excluding hydrogens is 394 g/mol. The summed E-state index contributed by atoms with van der Waals surface area (Å²) in [6, 6.07) is 15.6. The quantitative estimate of drug-likeness (QED) is 0.724. The van der Waals surface area contributed by atoms with Gasteiger partial charge in [0.15, 0.2) is 0 Å². The van der Waals surface area contributed by atoms with Crippen LogP contribution in [0.3, 0.4) is 0 Å². The lowest BCUT2D eigenvalue weighted by Gasteiger charge is -2.36. The molecular formula is C24H25N3O4. The summed E-state index contributed by atoms with van der Waals surface area (Å²) in [6.45, 7) is 3.99. The van der Waals surface area contributed by atoms with Crippen LogP contribution in [0, 0.1) is 0 Å². The summed E-state index contributed by atoms with van der Waals surface area (Å²) in [4.78, 5) is 42.1. The molecule has 1 N–H and O–H groups in total. The van der Waals surface area contributed by atoms with Crippen LogP contribution in [0.2, 0.25) is 0 Å². The second kappa shape index (κ2) is 9.24. The lowest BCUT2D eigenvalue weighted by atomic mass is 10.1. The molecule has 2 aliphatic rings. The average Bonchev–Trinajstić information content (AvgIpc) is 3.09. The van der Waals surface area contributed by atoms with E-state index in [0.29, 0.717) is 5.69 Å². The van der Waals surface area contributed by atoms with E-state index in [2.05, 4.69) is 34.1 Å². The molecule has 2 aromatic carbocycles. The minimum absolute atomic E-state index is 0.122. The minimum Gasteiger partial charge on any atom is -0.478 e. The Labute approximate surface area is 181 Å². The summed E-state index contributed by atoms with van der Waals surface area (Å²) in [5.74, 6) is -1.52. The highest BCUT2D eigenvalue weighted by atomic mass is 16.4. The number of amides is 2. The number of carbonyl (C=O) groups is 3. The predicted molar refractivity (Wildman–Crippen MR) is 118 cm³/mol. The number of piperazine rings is 1. The molecule has 0 radical (unpaired) electrons. The molecule has 0 aromatic heterocycles. The van der Waals surface area contributed by atoms with Crippen LogP contribution in [0.15, 0.2) is 60.7 Å². The van der Waals surface area contributed by atoms with Crippen molar-refractivity contribution in [3.63, 3.8) is 0 Å². The van der Waals surface area contributed by atoms with Gasteiger partial charge in [0.1, 0.15) is 0 Å². The van der Waals surface area contributed by atoms with E-state index in [9.17, 15) is 14.4 Å². The van der Waals surface area contributed by atoms with E-state index in [-0.39, 0.29) is 23.8 Å². The number of benzene rings is 2. The zero-order valence-electron chi connectivity index (χ0n) is 17.2. The van der Waals surface area contributed by atoms with Gasteiger partial charge in [0, 0.05) is 32.7 Å². The van der Waals surface area contributed by atoms with E-state index >= 15 is 0 Å². The highest BCUT2D eigenvalue weighted by molar-refractivity contribution is 6.22. The van der Waals surface area contributed by atoms with Gasteiger partial charge in [-0.2, -0.15) is 0 Å². The third-order valence-electron chi connectivity index (χ3n) is 5.82. The summed E-state index contributed by atoms with van der Waals surface area (Å²) < 4.78 is 0. The summed E-state index contributed by atoms with van der Waals surface area (Å²) >= 11 is 0. The second-order valence-corrected chi connectivity index (χ2v) is 7.79. The van der Waals surface area contributed by atoms with Gasteiger partial charge in [-0.15, -0.1) is 0 Å². The monoisotopic (exact) mass is 419 g/mol. The van der Waals surface area contributed by atoms with E-state index < -0.39 is 12.0 Å². The average molecular weight is 419 g/mol. The second-order valence-electron chi connectivity index (χ2n) is 7.79. The maximum atomic E-state index is 13.0. The Bertz CT molecular complexity index is 980. The zero-order chi connectivity index (χ0) is 21.8. The third kappa shape index (κ3) is 4.73. The summed E-state index contributed by atoms with van der Waals surface area (Å²) in [5.41, 5.74) is 1.72. The Morgan fingerprint density at radius 1 is 0.968 bits per heavy atom. The van der Waals surface area contributed by atoms with Gasteiger partial charge in [0.2, 0.25) is 5.91 Å². The first-order valence-electron chi connectivity index (χ1n) is 10.4. The Morgan fingerprint density at radius 2 is 1.65 bits per heavy atom. The van der Waals surface area contributed by atoms with E-state index in [4.69, 9.17) is 5.11 Å². The molecule has 0 saturated carbocycles. The standard InChI is InChI=1S/C24H25N3O4/c28-22-17-21(23(29)27(22)20-10-8-19(9-11-20)24(30)31)26-15-13-25(14-16-26)12-4-7-18-5-2-1-3-6-18/h1-11,21H,12-17H2,(H,30,31)/b7-4-/t21-/m1/s1. The van der Waals surface area contributed by atoms with Crippen LogP contribution in [-0.4, -0.2) is 71.5 Å². The lowest BCUT2D eigenvalue weighted by molar-refractivity contribution is -0.123. The molecule has 0 unspecified atom stereocenters. The van der Waals surface area contributed by atoms with Gasteiger partial charge >= 0.3 is 5.97 Å². The molecule has 2 amide bonds. The first-order valence-corrected chi connectivity index (χ1v) is 10.4. The van der Waals surface area contributed by atoms with E-state index in [1.165, 1.54) is 34.7 Å². The van der Waals surface area contributed by atoms with Gasteiger partial charge in [-0.05, 0) is 29.8 Å². The molecule has 7 heteroatoms. The molecule has 4 rings (SSSR count). The van der Waals surface area contributed by atoms with Crippen LogP contribution in [-0.2, 0) is 9.59 Å². The molecule has 2 saturated heterocycles. The fourth-order valence-corrected chi connectivity index (χ4v) is 4.09. The van der Waals surface area contributed by atoms with Gasteiger partial charge in [-0.25, -0.2) is 9.69 Å². The maximum Gasteiger partial charge on any atom is 0.335 e. The number of rotatable bonds is 6. The van der Waals surface area contributed by atoms with Gasteiger partial charge in [0.25, 0.3) is 5.91 Å². The molecule has 160 valence electrons. The van der Waals surface area contributed by atoms with Crippen LogP contribution >= 0.6 is 0 Å². The van der Waals surface area contributed by atoms with E-state index in [1.807, 2.05) is 18.2 Å². The number of imide groups is 1. The zero-order valence-corrected chi connectivity index (χ0v) is 17.2. The number of hydrogen-bond acceptors (Lipinski definition) is 5. The number of carboxylic acid groups (broad SMARTS) is 1. The molecule has 7 nitrogen and oxygen atoms in total. The first kappa shape index (κ1) is 21.0. The fraction of sp³-hybridized carbons (Fsp3) is 0.292. The molecule has 2 aromatic rings. The molecule has 2 heterocycles. The number of carboxylic acids is 1. The van der Waals surface area contributed by atoms with Crippen LogP contribution in [0.25, 0.3) is 6.08 Å². The molecule has 0 aliphatic carbocycles. The smallest absolute Gasteiger partial charge is 0.335 e. The van der Waals surface area contributed by atoms with Crippen LogP contribution in [0.1, 0.15) is 22.3 Å². The van der Waals surface area contributed by atoms with Crippen molar-refractivity contribution in [3.8, 4) is 0 Å². The SMILES string of the molecule is O=C(O)c1ccc(N2C(=O)C[C@@H](N3CCN(C/C=C\c4ccccc4)CC3)C2=O)cc1. The van der Waals surface area contributed by atoms with Crippen molar-refractivity contribution < 1.29 is 19.5 Å². The number of anilines is 1.